The predicted octanol–water partition coefficient (Wildman–Crippen LogP) is 7.27. The van der Waals surface area contributed by atoms with Crippen LogP contribution >= 0.6 is 23.1 Å². The van der Waals surface area contributed by atoms with Gasteiger partial charge in [0.05, 0.1) is 9.90 Å². The molecule has 1 aromatic heterocycles. The molecule has 1 aliphatic rings. The van der Waals surface area contributed by atoms with Crippen molar-refractivity contribution in [2.75, 3.05) is 5.32 Å². The number of anilines is 1. The summed E-state index contributed by atoms with van der Waals surface area (Å²) in [6.45, 7) is 4.90. The number of aryl methyl sites for hydroxylation is 1. The van der Waals surface area contributed by atoms with Gasteiger partial charge in [-0.15, -0.1) is 24.9 Å². The number of nitrogens with one attached hydrogen (secondary N) is 2. The van der Waals surface area contributed by atoms with Gasteiger partial charge in [0.15, 0.2) is 5.13 Å². The summed E-state index contributed by atoms with van der Waals surface area (Å²) in [5, 5.41) is 20.8. The van der Waals surface area contributed by atoms with Crippen molar-refractivity contribution in [3.05, 3.63) is 64.6 Å². The standard InChI is InChI=1S/C24H19F4N3O3S2/c1-10-7-15(34-24(26,27)28)9-16-12(3)35-22-20(17(10)16)31-23(36-22)30-19(21(32)33)18(11(2)29)13-5-4-6-14(25)8-13/h4-9,12,29H,1-3H3,(H,30,31)(H,32,33)/b19-18+,29-11?. The Bertz CT molecular complexity index is 1420. The van der Waals surface area contributed by atoms with Crippen molar-refractivity contribution >= 4 is 45.5 Å². The van der Waals surface area contributed by atoms with Crippen LogP contribution in [0.2, 0.25) is 0 Å². The first-order valence-electron chi connectivity index (χ1n) is 10.5. The van der Waals surface area contributed by atoms with Gasteiger partial charge in [-0.2, -0.15) is 0 Å². The lowest BCUT2D eigenvalue weighted by molar-refractivity contribution is -0.274. The molecule has 1 atom stereocenters. The number of carboxylic acids is 1. The summed E-state index contributed by atoms with van der Waals surface area (Å²) >= 11 is 2.57. The number of allylic oxidation sites excluding steroid dienone is 1. The Labute approximate surface area is 211 Å². The van der Waals surface area contributed by atoms with Crippen LogP contribution in [0, 0.1) is 18.2 Å². The molecule has 0 amide bonds. The third-order valence-electron chi connectivity index (χ3n) is 5.31. The first-order valence-corrected chi connectivity index (χ1v) is 12.2. The van der Waals surface area contributed by atoms with E-state index in [1.807, 2.05) is 6.92 Å². The minimum atomic E-state index is -4.82. The largest absolute Gasteiger partial charge is 0.573 e. The van der Waals surface area contributed by atoms with E-state index >= 15 is 0 Å². The van der Waals surface area contributed by atoms with E-state index < -0.39 is 18.1 Å². The second-order valence-corrected chi connectivity index (χ2v) is 10.6. The van der Waals surface area contributed by atoms with Crippen molar-refractivity contribution in [3.63, 3.8) is 0 Å². The van der Waals surface area contributed by atoms with Crippen molar-refractivity contribution in [2.45, 2.75) is 36.6 Å². The van der Waals surface area contributed by atoms with Crippen LogP contribution in [0.5, 0.6) is 5.75 Å². The topological polar surface area (TPSA) is 95.3 Å². The number of halogens is 4. The number of thioether (sulfide) groups is 1. The van der Waals surface area contributed by atoms with Crippen molar-refractivity contribution < 1.29 is 32.2 Å². The number of benzene rings is 2. The molecule has 36 heavy (non-hydrogen) atoms. The number of alkyl halides is 3. The van der Waals surface area contributed by atoms with Gasteiger partial charge in [0.1, 0.15) is 17.3 Å². The van der Waals surface area contributed by atoms with Crippen molar-refractivity contribution in [1.82, 2.24) is 4.98 Å². The Morgan fingerprint density at radius 3 is 2.58 bits per heavy atom. The summed E-state index contributed by atoms with van der Waals surface area (Å²) in [6.07, 6.45) is -4.82. The molecule has 12 heteroatoms. The SMILES string of the molecule is CC(=N)/C(=C(\Nc1nc2c(s1)SC(C)c1cc(OC(F)(F)F)cc(C)c1-2)C(=O)O)c1cccc(F)c1. The van der Waals surface area contributed by atoms with Gasteiger partial charge in [0.25, 0.3) is 0 Å². The molecule has 2 heterocycles. The number of ether oxygens (including phenoxy) is 1. The molecule has 0 saturated heterocycles. The summed E-state index contributed by atoms with van der Waals surface area (Å²) in [7, 11) is 0. The molecule has 0 bridgehead atoms. The molecule has 3 aromatic rings. The Hall–Kier alpha value is -3.38. The molecule has 0 fully saturated rings. The van der Waals surface area contributed by atoms with Crippen molar-refractivity contribution in [2.24, 2.45) is 0 Å². The quantitative estimate of drug-likeness (QED) is 0.174. The van der Waals surface area contributed by atoms with E-state index in [-0.39, 0.29) is 38.7 Å². The van der Waals surface area contributed by atoms with Gasteiger partial charge in [-0.05, 0) is 61.7 Å². The lowest BCUT2D eigenvalue weighted by Gasteiger charge is -2.24. The average molecular weight is 538 g/mol. The normalized spacial score (nSPS) is 15.5. The predicted molar refractivity (Wildman–Crippen MR) is 131 cm³/mol. The van der Waals surface area contributed by atoms with Crippen LogP contribution in [0.25, 0.3) is 16.8 Å². The van der Waals surface area contributed by atoms with Gasteiger partial charge in [-0.25, -0.2) is 14.2 Å². The first kappa shape index (κ1) is 25.7. The monoisotopic (exact) mass is 537 g/mol. The fourth-order valence-electron chi connectivity index (χ4n) is 3.96. The van der Waals surface area contributed by atoms with Gasteiger partial charge in [-0.3, -0.25) is 0 Å². The molecule has 0 spiro atoms. The lowest BCUT2D eigenvalue weighted by Crippen LogP contribution is -2.17. The molecular weight excluding hydrogens is 518 g/mol. The number of carbonyl (C=O) groups is 1. The Morgan fingerprint density at radius 2 is 1.97 bits per heavy atom. The van der Waals surface area contributed by atoms with Gasteiger partial charge in [0.2, 0.25) is 0 Å². The van der Waals surface area contributed by atoms with Gasteiger partial charge >= 0.3 is 12.3 Å². The van der Waals surface area contributed by atoms with Crippen LogP contribution in [0.4, 0.5) is 22.7 Å². The minimum absolute atomic E-state index is 0.00159. The molecule has 0 aliphatic carbocycles. The minimum Gasteiger partial charge on any atom is -0.477 e. The highest BCUT2D eigenvalue weighted by atomic mass is 32.2. The number of fused-ring (bicyclic) bond motifs is 3. The maximum absolute atomic E-state index is 13.8. The molecule has 1 aliphatic heterocycles. The zero-order valence-electron chi connectivity index (χ0n) is 19.1. The number of hydrogen-bond acceptors (Lipinski definition) is 7. The Morgan fingerprint density at radius 1 is 1.25 bits per heavy atom. The number of thiazole rings is 1. The summed E-state index contributed by atoms with van der Waals surface area (Å²) in [5.74, 6) is -2.26. The summed E-state index contributed by atoms with van der Waals surface area (Å²) in [5.41, 5.74) is 2.10. The highest BCUT2D eigenvalue weighted by Gasteiger charge is 2.34. The van der Waals surface area contributed by atoms with Crippen molar-refractivity contribution in [1.29, 1.82) is 5.41 Å². The molecule has 4 rings (SSSR count). The molecular formula is C24H19F4N3O3S2. The highest BCUT2D eigenvalue weighted by molar-refractivity contribution is 8.01. The van der Waals surface area contributed by atoms with Crippen LogP contribution in [0.3, 0.4) is 0 Å². The van der Waals surface area contributed by atoms with Crippen LogP contribution < -0.4 is 10.1 Å². The maximum Gasteiger partial charge on any atom is 0.573 e. The number of hydrogen-bond donors (Lipinski definition) is 3. The molecule has 3 N–H and O–H groups in total. The number of carboxylic acid groups (broad SMARTS) is 1. The van der Waals surface area contributed by atoms with Crippen molar-refractivity contribution in [3.8, 4) is 17.0 Å². The fourth-order valence-corrected chi connectivity index (χ4v) is 6.43. The van der Waals surface area contributed by atoms with Gasteiger partial charge in [0, 0.05) is 22.1 Å². The lowest BCUT2D eigenvalue weighted by atomic mass is 9.96. The van der Waals surface area contributed by atoms with Crippen LogP contribution in [0.1, 0.15) is 35.8 Å². The molecule has 188 valence electrons. The smallest absolute Gasteiger partial charge is 0.477 e. The van der Waals surface area contributed by atoms with Gasteiger partial charge in [-0.1, -0.05) is 23.5 Å². The Balaban J connectivity index is 1.79. The maximum atomic E-state index is 13.8. The number of rotatable bonds is 6. The van der Waals surface area contributed by atoms with Crippen LogP contribution in [0.15, 0.2) is 46.3 Å². The third kappa shape index (κ3) is 5.24. The summed E-state index contributed by atoms with van der Waals surface area (Å²) < 4.78 is 57.0. The van der Waals surface area contributed by atoms with E-state index in [2.05, 4.69) is 15.0 Å². The third-order valence-corrected chi connectivity index (χ3v) is 7.63. The van der Waals surface area contributed by atoms with Gasteiger partial charge < -0.3 is 20.6 Å². The van der Waals surface area contributed by atoms with Crippen LogP contribution in [-0.4, -0.2) is 28.1 Å². The second kappa shape index (κ2) is 9.58. The van der Waals surface area contributed by atoms with E-state index in [0.717, 1.165) is 10.3 Å². The number of nitrogens with zero attached hydrogens (tertiary/aromatic N) is 1. The van der Waals surface area contributed by atoms with E-state index in [4.69, 9.17) is 5.41 Å². The second-order valence-electron chi connectivity index (χ2n) is 7.98. The zero-order valence-corrected chi connectivity index (χ0v) is 20.7. The fraction of sp³-hybridized carbons (Fsp3) is 0.208. The average Bonchev–Trinajstić information content (AvgIpc) is 3.13. The molecule has 6 nitrogen and oxygen atoms in total. The van der Waals surface area contributed by atoms with E-state index in [0.29, 0.717) is 22.4 Å². The molecule has 0 radical (unpaired) electrons. The first-order chi connectivity index (χ1) is 16.8. The molecule has 1 unspecified atom stereocenters. The number of aliphatic carboxylic acids is 1. The van der Waals surface area contributed by atoms with Crippen LogP contribution in [-0.2, 0) is 4.79 Å². The van der Waals surface area contributed by atoms with E-state index in [1.165, 1.54) is 60.4 Å². The van der Waals surface area contributed by atoms with E-state index in [9.17, 15) is 27.5 Å². The summed E-state index contributed by atoms with van der Waals surface area (Å²) in [6, 6.07) is 7.91. The highest BCUT2D eigenvalue weighted by Crippen LogP contribution is 2.54. The Kier molecular flexibility index (Phi) is 6.84. The molecule has 2 aromatic carbocycles. The van der Waals surface area contributed by atoms with E-state index in [1.54, 1.807) is 6.92 Å². The summed E-state index contributed by atoms with van der Waals surface area (Å²) in [4.78, 5) is 16.7. The molecule has 0 saturated carbocycles. The number of aromatic nitrogens is 1. The zero-order chi connectivity index (χ0) is 26.4.